The fourth-order valence-corrected chi connectivity index (χ4v) is 3.65. The predicted molar refractivity (Wildman–Crippen MR) is 115 cm³/mol. The quantitative estimate of drug-likeness (QED) is 0.614. The molecule has 28 heavy (non-hydrogen) atoms. The zero-order chi connectivity index (χ0) is 19.8. The van der Waals surface area contributed by atoms with Crippen molar-refractivity contribution in [2.75, 3.05) is 44.5 Å². The smallest absolute Gasteiger partial charge is 0.234 e. The molecule has 0 radical (unpaired) electrons. The second-order valence-electron chi connectivity index (χ2n) is 6.35. The maximum atomic E-state index is 12.5. The molecule has 0 aromatic heterocycles. The van der Waals surface area contributed by atoms with Gasteiger partial charge in [-0.1, -0.05) is 30.0 Å². The van der Waals surface area contributed by atoms with E-state index in [9.17, 15) is 4.79 Å². The molecule has 1 aliphatic rings. The molecule has 0 saturated carbocycles. The van der Waals surface area contributed by atoms with E-state index >= 15 is 0 Å². The van der Waals surface area contributed by atoms with Gasteiger partial charge in [-0.05, 0) is 42.8 Å². The van der Waals surface area contributed by atoms with Gasteiger partial charge in [0.25, 0.3) is 0 Å². The average Bonchev–Trinajstić information content (AvgIpc) is 2.74. The highest BCUT2D eigenvalue weighted by Crippen LogP contribution is 2.22. The third kappa shape index (κ3) is 5.74. The number of morpholine rings is 1. The fourth-order valence-electron chi connectivity index (χ4n) is 2.78. The summed E-state index contributed by atoms with van der Waals surface area (Å²) in [5, 5.41) is 3.81. The van der Waals surface area contributed by atoms with E-state index < -0.39 is 0 Å². The highest BCUT2D eigenvalue weighted by molar-refractivity contribution is 8.14. The molecule has 2 aromatic carbocycles. The molecule has 148 valence electrons. The van der Waals surface area contributed by atoms with Crippen LogP contribution >= 0.6 is 11.8 Å². The maximum Gasteiger partial charge on any atom is 0.234 e. The summed E-state index contributed by atoms with van der Waals surface area (Å²) in [6, 6.07) is 15.4. The lowest BCUT2D eigenvalue weighted by atomic mass is 10.2. The number of nitrogens with one attached hydrogen (secondary N) is 1. The first-order chi connectivity index (χ1) is 13.7. The Morgan fingerprint density at radius 1 is 1.21 bits per heavy atom. The number of carbonyl (C=O) groups is 1. The number of rotatable bonds is 5. The second-order valence-corrected chi connectivity index (χ2v) is 7.29. The highest BCUT2D eigenvalue weighted by atomic mass is 32.2. The van der Waals surface area contributed by atoms with Crippen molar-refractivity contribution >= 4 is 34.2 Å². The lowest BCUT2D eigenvalue weighted by Crippen LogP contribution is -2.39. The summed E-state index contributed by atoms with van der Waals surface area (Å²) in [6.07, 6.45) is 0. The van der Waals surface area contributed by atoms with Gasteiger partial charge in [-0.3, -0.25) is 4.79 Å². The van der Waals surface area contributed by atoms with Crippen LogP contribution in [0.5, 0.6) is 5.75 Å². The standard InChI is InChI=1S/C21H25N3O3S/c1-16-14-18(26-2)8-9-19(16)23-20(25)15-28-21(24-10-12-27-13-11-24)22-17-6-4-3-5-7-17/h3-9,14H,10-13,15H2,1-2H3,(H,23,25). The Hall–Kier alpha value is -2.51. The molecule has 0 atom stereocenters. The van der Waals surface area contributed by atoms with Gasteiger partial charge < -0.3 is 19.7 Å². The SMILES string of the molecule is COc1ccc(NC(=O)CSC(=Nc2ccccc2)N2CCOCC2)c(C)c1. The Morgan fingerprint density at radius 2 is 1.96 bits per heavy atom. The van der Waals surface area contributed by atoms with E-state index in [4.69, 9.17) is 14.5 Å². The summed E-state index contributed by atoms with van der Waals surface area (Å²) in [5.74, 6) is 0.996. The van der Waals surface area contributed by atoms with Gasteiger partial charge in [0.2, 0.25) is 5.91 Å². The van der Waals surface area contributed by atoms with Gasteiger partial charge in [0.05, 0.1) is 31.8 Å². The van der Waals surface area contributed by atoms with Crippen molar-refractivity contribution in [3.63, 3.8) is 0 Å². The van der Waals surface area contributed by atoms with Crippen molar-refractivity contribution in [1.82, 2.24) is 4.90 Å². The fraction of sp³-hybridized carbons (Fsp3) is 0.333. The van der Waals surface area contributed by atoms with Gasteiger partial charge in [0, 0.05) is 18.8 Å². The number of carbonyl (C=O) groups excluding carboxylic acids is 1. The minimum Gasteiger partial charge on any atom is -0.497 e. The summed E-state index contributed by atoms with van der Waals surface area (Å²) in [6.45, 7) is 4.84. The topological polar surface area (TPSA) is 63.2 Å². The molecule has 2 aromatic rings. The zero-order valence-electron chi connectivity index (χ0n) is 16.2. The van der Waals surface area contributed by atoms with Gasteiger partial charge in [-0.2, -0.15) is 0 Å². The average molecular weight is 400 g/mol. The van der Waals surface area contributed by atoms with E-state index in [-0.39, 0.29) is 11.7 Å². The van der Waals surface area contributed by atoms with Crippen molar-refractivity contribution in [1.29, 1.82) is 0 Å². The molecule has 3 rings (SSSR count). The second kappa shape index (κ2) is 10.1. The van der Waals surface area contributed by atoms with Gasteiger partial charge >= 0.3 is 0 Å². The van der Waals surface area contributed by atoms with Crippen LogP contribution in [0.2, 0.25) is 0 Å². The van der Waals surface area contributed by atoms with Crippen molar-refractivity contribution in [3.8, 4) is 5.75 Å². The van der Waals surface area contributed by atoms with Gasteiger partial charge in [-0.25, -0.2) is 4.99 Å². The van der Waals surface area contributed by atoms with Gasteiger partial charge in [-0.15, -0.1) is 0 Å². The van der Waals surface area contributed by atoms with Crippen LogP contribution in [0.3, 0.4) is 0 Å². The zero-order valence-corrected chi connectivity index (χ0v) is 17.0. The number of anilines is 1. The third-order valence-electron chi connectivity index (χ3n) is 4.30. The van der Waals surface area contributed by atoms with E-state index in [0.29, 0.717) is 13.2 Å². The van der Waals surface area contributed by atoms with Crippen molar-refractivity contribution in [3.05, 3.63) is 54.1 Å². The van der Waals surface area contributed by atoms with Crippen molar-refractivity contribution < 1.29 is 14.3 Å². The number of amides is 1. The molecule has 0 bridgehead atoms. The first-order valence-electron chi connectivity index (χ1n) is 9.19. The highest BCUT2D eigenvalue weighted by Gasteiger charge is 2.17. The maximum absolute atomic E-state index is 12.5. The first kappa shape index (κ1) is 20.2. The summed E-state index contributed by atoms with van der Waals surface area (Å²) in [7, 11) is 1.63. The lowest BCUT2D eigenvalue weighted by molar-refractivity contribution is -0.113. The first-order valence-corrected chi connectivity index (χ1v) is 10.2. The summed E-state index contributed by atoms with van der Waals surface area (Å²) >= 11 is 1.45. The van der Waals surface area contributed by atoms with Gasteiger partial charge in [0.1, 0.15) is 5.75 Å². The molecule has 1 aliphatic heterocycles. The van der Waals surface area contributed by atoms with E-state index in [1.807, 2.05) is 55.5 Å². The molecular weight excluding hydrogens is 374 g/mol. The molecule has 0 aliphatic carbocycles. The number of thioether (sulfide) groups is 1. The van der Waals surface area contributed by atoms with Crippen molar-refractivity contribution in [2.24, 2.45) is 4.99 Å². The van der Waals surface area contributed by atoms with Crippen LogP contribution in [0, 0.1) is 6.92 Å². The molecule has 6 nitrogen and oxygen atoms in total. The minimum absolute atomic E-state index is 0.0627. The Morgan fingerprint density at radius 3 is 2.64 bits per heavy atom. The number of methoxy groups -OCH3 is 1. The van der Waals surface area contributed by atoms with Crippen LogP contribution in [0.15, 0.2) is 53.5 Å². The predicted octanol–water partition coefficient (Wildman–Crippen LogP) is 3.70. The van der Waals surface area contributed by atoms with Crippen LogP contribution in [-0.4, -0.2) is 55.1 Å². The van der Waals surface area contributed by atoms with E-state index in [2.05, 4.69) is 10.2 Å². The molecule has 7 heteroatoms. The van der Waals surface area contributed by atoms with E-state index in [1.165, 1.54) is 11.8 Å². The summed E-state index contributed by atoms with van der Waals surface area (Å²) in [5.41, 5.74) is 2.63. The van der Waals surface area contributed by atoms with Crippen molar-refractivity contribution in [2.45, 2.75) is 6.92 Å². The van der Waals surface area contributed by atoms with Crippen LogP contribution in [0.1, 0.15) is 5.56 Å². The van der Waals surface area contributed by atoms with E-state index in [1.54, 1.807) is 7.11 Å². The number of nitrogens with zero attached hydrogens (tertiary/aromatic N) is 2. The van der Waals surface area contributed by atoms with E-state index in [0.717, 1.165) is 40.9 Å². The van der Waals surface area contributed by atoms with Crippen LogP contribution < -0.4 is 10.1 Å². The number of aliphatic imine (C=N–C) groups is 1. The number of hydrogen-bond acceptors (Lipinski definition) is 5. The largest absolute Gasteiger partial charge is 0.497 e. The Bertz CT molecular complexity index is 821. The Balaban J connectivity index is 1.65. The minimum atomic E-state index is -0.0627. The number of para-hydroxylation sites is 1. The summed E-state index contributed by atoms with van der Waals surface area (Å²) < 4.78 is 10.7. The molecule has 1 fully saturated rings. The third-order valence-corrected chi connectivity index (χ3v) is 5.32. The van der Waals surface area contributed by atoms with Crippen LogP contribution in [-0.2, 0) is 9.53 Å². The summed E-state index contributed by atoms with van der Waals surface area (Å²) in [4.78, 5) is 19.4. The Labute approximate surface area is 169 Å². The number of aryl methyl sites for hydroxylation is 1. The normalized spacial score (nSPS) is 14.6. The van der Waals surface area contributed by atoms with Crippen LogP contribution in [0.25, 0.3) is 0 Å². The number of ether oxygens (including phenoxy) is 2. The van der Waals surface area contributed by atoms with Gasteiger partial charge in [0.15, 0.2) is 5.17 Å². The molecular formula is C21H25N3O3S. The molecule has 0 unspecified atom stereocenters. The molecule has 1 amide bonds. The van der Waals surface area contributed by atoms with Crippen LogP contribution in [0.4, 0.5) is 11.4 Å². The number of hydrogen-bond donors (Lipinski definition) is 1. The Kier molecular flexibility index (Phi) is 7.33. The molecule has 1 N–H and O–H groups in total. The molecule has 1 heterocycles. The number of benzene rings is 2. The molecule has 1 saturated heterocycles. The lowest BCUT2D eigenvalue weighted by Gasteiger charge is -2.29. The molecule has 0 spiro atoms. The monoisotopic (exact) mass is 399 g/mol. The number of amidine groups is 1.